The monoisotopic (exact) mass is 166 g/mol. The summed E-state index contributed by atoms with van der Waals surface area (Å²) in [5.41, 5.74) is 2.90. The molecular formula is C9H14N2O. The second-order valence-corrected chi connectivity index (χ2v) is 3.13. The van der Waals surface area contributed by atoms with Gasteiger partial charge in [-0.15, -0.1) is 0 Å². The largest absolute Gasteiger partial charge is 0.619 e. The predicted octanol–water partition coefficient (Wildman–Crippen LogP) is 1.00. The standard InChI is InChI=1S/C9H14N2O/c1-7-8(2)11(12)6-5-9(7)10(3)4/h5-6H,1-4H3. The van der Waals surface area contributed by atoms with Gasteiger partial charge in [-0.3, -0.25) is 0 Å². The molecule has 1 aromatic heterocycles. The van der Waals surface area contributed by atoms with Crippen LogP contribution in [0.5, 0.6) is 0 Å². The number of pyridine rings is 1. The van der Waals surface area contributed by atoms with Gasteiger partial charge in [-0.05, 0) is 6.92 Å². The third kappa shape index (κ3) is 1.35. The van der Waals surface area contributed by atoms with Gasteiger partial charge in [0.2, 0.25) is 0 Å². The molecule has 1 aromatic rings. The molecule has 3 heteroatoms. The molecule has 0 aliphatic heterocycles. The summed E-state index contributed by atoms with van der Waals surface area (Å²) in [7, 11) is 3.94. The first-order valence-corrected chi connectivity index (χ1v) is 3.90. The number of anilines is 1. The second-order valence-electron chi connectivity index (χ2n) is 3.13. The molecule has 0 amide bonds. The van der Waals surface area contributed by atoms with Crippen LogP contribution in [0.1, 0.15) is 11.3 Å². The maximum Gasteiger partial charge on any atom is 0.194 e. The average Bonchev–Trinajstić information content (AvgIpc) is 2.00. The summed E-state index contributed by atoms with van der Waals surface area (Å²) in [4.78, 5) is 2.00. The number of hydrogen-bond donors (Lipinski definition) is 0. The van der Waals surface area contributed by atoms with Crippen molar-refractivity contribution in [3.05, 3.63) is 28.7 Å². The Morgan fingerprint density at radius 2 is 1.92 bits per heavy atom. The minimum Gasteiger partial charge on any atom is -0.619 e. The normalized spacial score (nSPS) is 10.0. The van der Waals surface area contributed by atoms with Crippen molar-refractivity contribution in [2.45, 2.75) is 13.8 Å². The molecule has 0 saturated carbocycles. The Kier molecular flexibility index (Phi) is 2.22. The number of aromatic nitrogens is 1. The molecule has 1 rings (SSSR count). The highest BCUT2D eigenvalue weighted by Crippen LogP contribution is 2.17. The minimum absolute atomic E-state index is 0.765. The Labute approximate surface area is 72.8 Å². The van der Waals surface area contributed by atoms with Gasteiger partial charge in [0.25, 0.3) is 0 Å². The molecule has 0 fully saturated rings. The van der Waals surface area contributed by atoms with Crippen LogP contribution in [0.25, 0.3) is 0 Å². The molecule has 0 aliphatic carbocycles. The van der Waals surface area contributed by atoms with Gasteiger partial charge >= 0.3 is 0 Å². The minimum atomic E-state index is 0.765. The first-order chi connectivity index (χ1) is 5.54. The fourth-order valence-electron chi connectivity index (χ4n) is 1.21. The molecule has 66 valence electrons. The van der Waals surface area contributed by atoms with E-state index in [4.69, 9.17) is 0 Å². The first-order valence-electron chi connectivity index (χ1n) is 3.90. The Morgan fingerprint density at radius 3 is 2.42 bits per heavy atom. The molecular weight excluding hydrogens is 152 g/mol. The van der Waals surface area contributed by atoms with E-state index < -0.39 is 0 Å². The molecule has 3 nitrogen and oxygen atoms in total. The van der Waals surface area contributed by atoms with E-state index >= 15 is 0 Å². The third-order valence-electron chi connectivity index (χ3n) is 2.11. The summed E-state index contributed by atoms with van der Waals surface area (Å²) in [6, 6.07) is 1.83. The lowest BCUT2D eigenvalue weighted by Gasteiger charge is -2.15. The van der Waals surface area contributed by atoms with E-state index in [0.717, 1.165) is 21.7 Å². The van der Waals surface area contributed by atoms with E-state index in [1.54, 1.807) is 0 Å². The smallest absolute Gasteiger partial charge is 0.194 e. The molecule has 1 heterocycles. The van der Waals surface area contributed by atoms with Crippen molar-refractivity contribution in [1.82, 2.24) is 0 Å². The van der Waals surface area contributed by atoms with E-state index in [-0.39, 0.29) is 0 Å². The molecule has 12 heavy (non-hydrogen) atoms. The second kappa shape index (κ2) is 3.01. The average molecular weight is 166 g/mol. The van der Waals surface area contributed by atoms with E-state index in [2.05, 4.69) is 0 Å². The maximum atomic E-state index is 11.1. The number of hydrogen-bond acceptors (Lipinski definition) is 2. The quantitative estimate of drug-likeness (QED) is 0.460. The lowest BCUT2D eigenvalue weighted by molar-refractivity contribution is -0.612. The van der Waals surface area contributed by atoms with Gasteiger partial charge in [-0.25, -0.2) is 0 Å². The van der Waals surface area contributed by atoms with Crippen LogP contribution in [0, 0.1) is 19.1 Å². The zero-order valence-corrected chi connectivity index (χ0v) is 7.96. The van der Waals surface area contributed by atoms with Gasteiger partial charge in [0, 0.05) is 32.6 Å². The van der Waals surface area contributed by atoms with Crippen LogP contribution < -0.4 is 9.63 Å². The SMILES string of the molecule is Cc1c(N(C)C)cc[n+]([O-])c1C. The van der Waals surface area contributed by atoms with Crippen molar-refractivity contribution in [1.29, 1.82) is 0 Å². The van der Waals surface area contributed by atoms with Crippen molar-refractivity contribution < 1.29 is 4.73 Å². The summed E-state index contributed by atoms with van der Waals surface area (Å²) in [5.74, 6) is 0. The highest BCUT2D eigenvalue weighted by molar-refractivity contribution is 5.51. The number of rotatable bonds is 1. The first kappa shape index (κ1) is 8.84. The molecule has 0 N–H and O–H groups in total. The molecule has 0 unspecified atom stereocenters. The highest BCUT2D eigenvalue weighted by Gasteiger charge is 2.09. The maximum absolute atomic E-state index is 11.1. The Balaban J connectivity index is 3.27. The lowest BCUT2D eigenvalue weighted by Crippen LogP contribution is -2.31. The molecule has 0 aromatic carbocycles. The Hall–Kier alpha value is -1.25. The van der Waals surface area contributed by atoms with Crippen LogP contribution in [-0.2, 0) is 0 Å². The van der Waals surface area contributed by atoms with Crippen molar-refractivity contribution in [2.75, 3.05) is 19.0 Å². The van der Waals surface area contributed by atoms with E-state index in [1.807, 2.05) is 38.9 Å². The summed E-state index contributed by atoms with van der Waals surface area (Å²) in [5, 5.41) is 11.1. The van der Waals surface area contributed by atoms with E-state index in [1.165, 1.54) is 6.20 Å². The van der Waals surface area contributed by atoms with Crippen molar-refractivity contribution in [2.24, 2.45) is 0 Å². The molecule has 0 atom stereocenters. The number of nitrogens with zero attached hydrogens (tertiary/aromatic N) is 2. The fraction of sp³-hybridized carbons (Fsp3) is 0.444. The van der Waals surface area contributed by atoms with E-state index in [0.29, 0.717) is 0 Å². The van der Waals surface area contributed by atoms with Crippen LogP contribution in [-0.4, -0.2) is 14.1 Å². The summed E-state index contributed by atoms with van der Waals surface area (Å²) in [6.07, 6.45) is 1.54. The van der Waals surface area contributed by atoms with Gasteiger partial charge in [0.15, 0.2) is 11.9 Å². The van der Waals surface area contributed by atoms with Crippen molar-refractivity contribution >= 4 is 5.69 Å². The van der Waals surface area contributed by atoms with Crippen LogP contribution in [0.4, 0.5) is 5.69 Å². The molecule has 0 spiro atoms. The molecule has 0 aliphatic rings. The molecule has 0 radical (unpaired) electrons. The summed E-state index contributed by atoms with van der Waals surface area (Å²) >= 11 is 0. The lowest BCUT2D eigenvalue weighted by atomic mass is 10.2. The van der Waals surface area contributed by atoms with Crippen LogP contribution in [0.2, 0.25) is 0 Å². The molecule has 0 saturated heterocycles. The zero-order chi connectivity index (χ0) is 9.30. The Morgan fingerprint density at radius 1 is 1.33 bits per heavy atom. The summed E-state index contributed by atoms with van der Waals surface area (Å²) in [6.45, 7) is 3.79. The van der Waals surface area contributed by atoms with Gasteiger partial charge in [-0.1, -0.05) is 0 Å². The van der Waals surface area contributed by atoms with Crippen LogP contribution in [0.15, 0.2) is 12.3 Å². The van der Waals surface area contributed by atoms with Crippen LogP contribution >= 0.6 is 0 Å². The van der Waals surface area contributed by atoms with Gasteiger partial charge in [0.1, 0.15) is 0 Å². The third-order valence-corrected chi connectivity index (χ3v) is 2.11. The van der Waals surface area contributed by atoms with E-state index in [9.17, 15) is 5.21 Å². The summed E-state index contributed by atoms with van der Waals surface area (Å²) < 4.78 is 0.891. The van der Waals surface area contributed by atoms with Gasteiger partial charge in [0.05, 0.1) is 5.69 Å². The topological polar surface area (TPSA) is 30.2 Å². The fourth-order valence-corrected chi connectivity index (χ4v) is 1.21. The Bertz CT molecular complexity index is 295. The van der Waals surface area contributed by atoms with Crippen LogP contribution in [0.3, 0.4) is 0 Å². The van der Waals surface area contributed by atoms with Gasteiger partial charge < -0.3 is 10.1 Å². The molecule has 0 bridgehead atoms. The highest BCUT2D eigenvalue weighted by atomic mass is 16.5. The van der Waals surface area contributed by atoms with Crippen molar-refractivity contribution in [3.8, 4) is 0 Å². The van der Waals surface area contributed by atoms with Crippen molar-refractivity contribution in [3.63, 3.8) is 0 Å². The van der Waals surface area contributed by atoms with Gasteiger partial charge in [-0.2, -0.15) is 4.73 Å². The zero-order valence-electron chi connectivity index (χ0n) is 7.96. The predicted molar refractivity (Wildman–Crippen MR) is 49.2 cm³/mol.